The van der Waals surface area contributed by atoms with Gasteiger partial charge in [-0.3, -0.25) is 0 Å². The highest BCUT2D eigenvalue weighted by Crippen LogP contribution is 2.24. The molecule has 0 saturated carbocycles. The van der Waals surface area contributed by atoms with Crippen molar-refractivity contribution in [3.8, 4) is 11.5 Å². The lowest BCUT2D eigenvalue weighted by atomic mass is 10.1. The Bertz CT molecular complexity index is 871. The number of ether oxygens (including phenoxy) is 2. The fraction of sp³-hybridized carbons (Fsp3) is 0.182. The van der Waals surface area contributed by atoms with Crippen molar-refractivity contribution in [2.75, 3.05) is 7.11 Å². The van der Waals surface area contributed by atoms with E-state index in [1.54, 1.807) is 7.11 Å². The summed E-state index contributed by atoms with van der Waals surface area (Å²) in [5.41, 5.74) is 3.39. The summed E-state index contributed by atoms with van der Waals surface area (Å²) in [6.45, 7) is 1.98. The Labute approximate surface area is 185 Å². The summed E-state index contributed by atoms with van der Waals surface area (Å²) >= 11 is 9.48. The summed E-state index contributed by atoms with van der Waals surface area (Å²) in [4.78, 5) is 0. The van der Waals surface area contributed by atoms with Crippen LogP contribution in [0, 0.1) is 0 Å². The third kappa shape index (κ3) is 6.71. The molecule has 28 heavy (non-hydrogen) atoms. The van der Waals surface area contributed by atoms with Gasteiger partial charge in [-0.25, -0.2) is 0 Å². The monoisotopic (exact) mass is 481 g/mol. The lowest BCUT2D eigenvalue weighted by molar-refractivity contribution is 0.302. The van der Waals surface area contributed by atoms with Crippen LogP contribution in [-0.4, -0.2) is 7.11 Å². The lowest BCUT2D eigenvalue weighted by Gasteiger charge is -2.13. The maximum Gasteiger partial charge on any atom is 0.124 e. The van der Waals surface area contributed by atoms with Crippen LogP contribution < -0.4 is 14.8 Å². The molecule has 0 saturated heterocycles. The Morgan fingerprint density at radius 3 is 2.25 bits per heavy atom. The molecular formula is C22H22BrCl2NO2. The van der Waals surface area contributed by atoms with Gasteiger partial charge in [-0.05, 0) is 53.6 Å². The van der Waals surface area contributed by atoms with E-state index < -0.39 is 0 Å². The van der Waals surface area contributed by atoms with Crippen molar-refractivity contribution >= 4 is 39.9 Å². The van der Waals surface area contributed by atoms with Crippen molar-refractivity contribution < 1.29 is 9.47 Å². The molecule has 0 aromatic heterocycles. The standard InChI is InChI=1S/C22H21BrClNO2.ClH/c1-26-21-9-4-16(5-10-21)13-25-14-18-12-19(23)6-11-22(18)27-15-17-2-7-20(24)8-3-17;/h2-12,25H,13-15H2,1H3;1H. The first-order valence-electron chi connectivity index (χ1n) is 8.63. The van der Waals surface area contributed by atoms with Gasteiger partial charge in [0, 0.05) is 28.1 Å². The van der Waals surface area contributed by atoms with Crippen LogP contribution in [0.3, 0.4) is 0 Å². The van der Waals surface area contributed by atoms with Crippen molar-refractivity contribution in [3.63, 3.8) is 0 Å². The van der Waals surface area contributed by atoms with Crippen molar-refractivity contribution in [1.29, 1.82) is 0 Å². The van der Waals surface area contributed by atoms with E-state index in [1.807, 2.05) is 48.5 Å². The van der Waals surface area contributed by atoms with E-state index in [9.17, 15) is 0 Å². The molecule has 148 valence electrons. The minimum absolute atomic E-state index is 0. The maximum absolute atomic E-state index is 6.03. The second-order valence-corrected chi connectivity index (χ2v) is 7.47. The normalized spacial score (nSPS) is 10.2. The molecule has 6 heteroatoms. The topological polar surface area (TPSA) is 30.5 Å². The van der Waals surface area contributed by atoms with Crippen LogP contribution in [0.2, 0.25) is 5.02 Å². The summed E-state index contributed by atoms with van der Waals surface area (Å²) in [7, 11) is 1.67. The largest absolute Gasteiger partial charge is 0.497 e. The Balaban J connectivity index is 0.00000280. The third-order valence-corrected chi connectivity index (χ3v) is 4.88. The minimum Gasteiger partial charge on any atom is -0.497 e. The zero-order valence-electron chi connectivity index (χ0n) is 15.5. The van der Waals surface area contributed by atoms with Crippen molar-refractivity contribution in [2.24, 2.45) is 0 Å². The maximum atomic E-state index is 6.03. The highest BCUT2D eigenvalue weighted by atomic mass is 79.9. The van der Waals surface area contributed by atoms with Crippen LogP contribution in [0.5, 0.6) is 11.5 Å². The molecule has 0 heterocycles. The van der Waals surface area contributed by atoms with Crippen LogP contribution in [0.1, 0.15) is 16.7 Å². The van der Waals surface area contributed by atoms with Crippen LogP contribution in [0.25, 0.3) is 0 Å². The average molecular weight is 483 g/mol. The van der Waals surface area contributed by atoms with Gasteiger partial charge >= 0.3 is 0 Å². The molecule has 3 aromatic rings. The number of halogens is 3. The number of benzene rings is 3. The molecule has 0 amide bonds. The molecule has 0 radical (unpaired) electrons. The number of methoxy groups -OCH3 is 1. The second-order valence-electron chi connectivity index (χ2n) is 6.12. The van der Waals surface area contributed by atoms with Crippen LogP contribution in [0.4, 0.5) is 0 Å². The van der Waals surface area contributed by atoms with E-state index in [2.05, 4.69) is 39.4 Å². The Kier molecular flexibility index (Phi) is 9.13. The first-order valence-corrected chi connectivity index (χ1v) is 9.80. The van der Waals surface area contributed by atoms with Gasteiger partial charge in [0.2, 0.25) is 0 Å². The van der Waals surface area contributed by atoms with Crippen molar-refractivity contribution in [2.45, 2.75) is 19.7 Å². The molecule has 3 nitrogen and oxygen atoms in total. The summed E-state index contributed by atoms with van der Waals surface area (Å²) in [6, 6.07) is 21.8. The molecule has 1 N–H and O–H groups in total. The van der Waals surface area contributed by atoms with Gasteiger partial charge < -0.3 is 14.8 Å². The zero-order chi connectivity index (χ0) is 19.1. The van der Waals surface area contributed by atoms with Gasteiger partial charge in [-0.2, -0.15) is 0 Å². The highest BCUT2D eigenvalue weighted by Gasteiger charge is 2.06. The van der Waals surface area contributed by atoms with Crippen LogP contribution in [0.15, 0.2) is 71.2 Å². The number of nitrogens with one attached hydrogen (secondary N) is 1. The summed E-state index contributed by atoms with van der Waals surface area (Å²) in [5, 5.41) is 4.20. The molecule has 0 unspecified atom stereocenters. The van der Waals surface area contributed by atoms with Gasteiger partial charge in [0.1, 0.15) is 18.1 Å². The lowest BCUT2D eigenvalue weighted by Crippen LogP contribution is -2.13. The fourth-order valence-corrected chi connectivity index (χ4v) is 3.19. The van der Waals surface area contributed by atoms with E-state index in [0.29, 0.717) is 13.2 Å². The van der Waals surface area contributed by atoms with Crippen molar-refractivity contribution in [1.82, 2.24) is 5.32 Å². The van der Waals surface area contributed by atoms with E-state index in [0.717, 1.165) is 38.7 Å². The van der Waals surface area contributed by atoms with Gasteiger partial charge in [0.15, 0.2) is 0 Å². The Hall–Kier alpha value is -1.72. The second kappa shape index (κ2) is 11.3. The van der Waals surface area contributed by atoms with Gasteiger partial charge in [0.25, 0.3) is 0 Å². The summed E-state index contributed by atoms with van der Waals surface area (Å²) in [5.74, 6) is 1.74. The molecule has 0 aliphatic heterocycles. The van der Waals surface area contributed by atoms with Gasteiger partial charge in [-0.15, -0.1) is 12.4 Å². The summed E-state index contributed by atoms with van der Waals surface area (Å²) < 4.78 is 12.3. The Morgan fingerprint density at radius 2 is 1.57 bits per heavy atom. The molecule has 0 bridgehead atoms. The molecule has 0 fully saturated rings. The highest BCUT2D eigenvalue weighted by molar-refractivity contribution is 9.10. The predicted octanol–water partition coefficient (Wildman–Crippen LogP) is 6.40. The first kappa shape index (κ1) is 22.6. The fourth-order valence-electron chi connectivity index (χ4n) is 2.65. The van der Waals surface area contributed by atoms with Crippen LogP contribution in [-0.2, 0) is 19.7 Å². The van der Waals surface area contributed by atoms with Crippen molar-refractivity contribution in [3.05, 3.63) is 92.9 Å². The van der Waals surface area contributed by atoms with E-state index in [-0.39, 0.29) is 12.4 Å². The minimum atomic E-state index is 0. The molecule has 3 aromatic carbocycles. The first-order chi connectivity index (χ1) is 13.1. The Morgan fingerprint density at radius 1 is 0.893 bits per heavy atom. The van der Waals surface area contributed by atoms with E-state index >= 15 is 0 Å². The number of hydrogen-bond donors (Lipinski definition) is 1. The third-order valence-electron chi connectivity index (χ3n) is 4.13. The molecular weight excluding hydrogens is 461 g/mol. The van der Waals surface area contributed by atoms with E-state index in [1.165, 1.54) is 5.56 Å². The quantitative estimate of drug-likeness (QED) is 0.402. The van der Waals surface area contributed by atoms with Gasteiger partial charge in [0.05, 0.1) is 7.11 Å². The number of hydrogen-bond acceptors (Lipinski definition) is 3. The average Bonchev–Trinajstić information content (AvgIpc) is 2.69. The number of rotatable bonds is 8. The summed E-state index contributed by atoms with van der Waals surface area (Å²) in [6.07, 6.45) is 0. The predicted molar refractivity (Wildman–Crippen MR) is 121 cm³/mol. The smallest absolute Gasteiger partial charge is 0.124 e. The van der Waals surface area contributed by atoms with Crippen LogP contribution >= 0.6 is 39.9 Å². The zero-order valence-corrected chi connectivity index (χ0v) is 18.6. The van der Waals surface area contributed by atoms with Gasteiger partial charge in [-0.1, -0.05) is 51.8 Å². The molecule has 0 atom stereocenters. The molecule has 0 aliphatic rings. The van der Waals surface area contributed by atoms with E-state index in [4.69, 9.17) is 21.1 Å². The molecule has 0 spiro atoms. The molecule has 0 aliphatic carbocycles. The molecule has 3 rings (SSSR count). The SMILES string of the molecule is COc1ccc(CNCc2cc(Br)ccc2OCc2ccc(Cl)cc2)cc1.Cl.